The summed E-state index contributed by atoms with van der Waals surface area (Å²) >= 11 is 0. The monoisotopic (exact) mass is 391 g/mol. The molecule has 0 bridgehead atoms. The summed E-state index contributed by atoms with van der Waals surface area (Å²) in [6.07, 6.45) is 11.3. The van der Waals surface area contributed by atoms with E-state index in [0.29, 0.717) is 23.3 Å². The molecular weight excluding hydrogens is 362 g/mol. The molecule has 1 N–H and O–H groups in total. The average Bonchev–Trinajstić information content (AvgIpc) is 3.33. The zero-order chi connectivity index (χ0) is 18.9. The van der Waals surface area contributed by atoms with Gasteiger partial charge < -0.3 is 5.32 Å². The van der Waals surface area contributed by atoms with E-state index in [1.807, 2.05) is 6.20 Å². The molecule has 4 rings (SSSR count). The highest BCUT2D eigenvalue weighted by atomic mass is 32.2. The number of sulfone groups is 1. The van der Waals surface area contributed by atoms with Crippen molar-refractivity contribution in [3.05, 3.63) is 11.9 Å². The molecule has 2 saturated carbocycles. The van der Waals surface area contributed by atoms with Crippen molar-refractivity contribution in [3.8, 4) is 6.07 Å². The average molecular weight is 392 g/mol. The van der Waals surface area contributed by atoms with Crippen LogP contribution in [0.4, 0.5) is 0 Å². The number of nitriles is 1. The van der Waals surface area contributed by atoms with Crippen LogP contribution in [0.5, 0.6) is 0 Å². The first-order chi connectivity index (χ1) is 13.0. The van der Waals surface area contributed by atoms with Crippen LogP contribution in [-0.4, -0.2) is 41.5 Å². The third-order valence-electron chi connectivity index (χ3n) is 6.62. The first-order valence-corrected chi connectivity index (χ1v) is 12.1. The van der Waals surface area contributed by atoms with Crippen molar-refractivity contribution < 1.29 is 8.42 Å². The smallest absolute Gasteiger partial charge is 0.150 e. The largest absolute Gasteiger partial charge is 0.308 e. The fraction of sp³-hybridized carbons (Fsp3) is 0.842. The molecule has 1 unspecified atom stereocenters. The van der Waals surface area contributed by atoms with Gasteiger partial charge in [0.15, 0.2) is 5.54 Å². The molecule has 3 fully saturated rings. The van der Waals surface area contributed by atoms with Gasteiger partial charge in [-0.2, -0.15) is 5.26 Å². The summed E-state index contributed by atoms with van der Waals surface area (Å²) in [5.41, 5.74) is 0.465. The van der Waals surface area contributed by atoms with Crippen LogP contribution in [0.1, 0.15) is 69.5 Å². The van der Waals surface area contributed by atoms with Gasteiger partial charge in [-0.1, -0.05) is 24.5 Å². The van der Waals surface area contributed by atoms with E-state index in [0.717, 1.165) is 37.9 Å². The van der Waals surface area contributed by atoms with Crippen LogP contribution in [-0.2, 0) is 15.4 Å². The molecule has 1 aromatic heterocycles. The van der Waals surface area contributed by atoms with Crippen LogP contribution in [0.25, 0.3) is 0 Å². The Bertz CT molecular complexity index is 788. The summed E-state index contributed by atoms with van der Waals surface area (Å²) in [6.45, 7) is 0.826. The molecule has 0 radical (unpaired) electrons. The molecule has 3 aliphatic rings. The molecule has 1 aromatic rings. The van der Waals surface area contributed by atoms with E-state index in [1.54, 1.807) is 4.68 Å². The predicted octanol–water partition coefficient (Wildman–Crippen LogP) is 2.33. The van der Waals surface area contributed by atoms with Crippen LogP contribution in [0.15, 0.2) is 6.20 Å². The lowest BCUT2D eigenvalue weighted by Crippen LogP contribution is -2.36. The van der Waals surface area contributed by atoms with Crippen LogP contribution >= 0.6 is 0 Å². The number of nitrogens with zero attached hydrogens (tertiary/aromatic N) is 4. The third kappa shape index (κ3) is 4.19. The number of aromatic nitrogens is 3. The number of rotatable bonds is 6. The minimum absolute atomic E-state index is 0.145. The summed E-state index contributed by atoms with van der Waals surface area (Å²) in [7, 11) is -2.82. The maximum atomic E-state index is 11.7. The van der Waals surface area contributed by atoms with Gasteiger partial charge in [0.25, 0.3) is 0 Å². The van der Waals surface area contributed by atoms with E-state index in [1.165, 1.54) is 32.1 Å². The second kappa shape index (κ2) is 7.51. The normalized spacial score (nSPS) is 26.3. The van der Waals surface area contributed by atoms with Gasteiger partial charge in [-0.25, -0.2) is 13.1 Å². The number of hydrogen-bond acceptors (Lipinski definition) is 6. The summed E-state index contributed by atoms with van der Waals surface area (Å²) in [5, 5.41) is 21.8. The van der Waals surface area contributed by atoms with E-state index in [-0.39, 0.29) is 6.04 Å². The summed E-state index contributed by atoms with van der Waals surface area (Å²) in [5.74, 6) is 1.57. The Kier molecular flexibility index (Phi) is 5.26. The van der Waals surface area contributed by atoms with Crippen molar-refractivity contribution in [3.63, 3.8) is 0 Å². The predicted molar refractivity (Wildman–Crippen MR) is 102 cm³/mol. The first kappa shape index (κ1) is 18.9. The Balaban J connectivity index is 1.45. The lowest BCUT2D eigenvalue weighted by Gasteiger charge is -2.32. The Morgan fingerprint density at radius 3 is 2.56 bits per heavy atom. The van der Waals surface area contributed by atoms with Gasteiger partial charge in [0.05, 0.1) is 35.5 Å². The zero-order valence-corrected chi connectivity index (χ0v) is 16.6. The van der Waals surface area contributed by atoms with Crippen molar-refractivity contribution in [1.82, 2.24) is 20.3 Å². The fourth-order valence-electron chi connectivity index (χ4n) is 4.56. The van der Waals surface area contributed by atoms with Crippen molar-refractivity contribution in [2.75, 3.05) is 18.1 Å². The van der Waals surface area contributed by atoms with E-state index < -0.39 is 15.4 Å². The second-order valence-corrected chi connectivity index (χ2v) is 10.9. The third-order valence-corrected chi connectivity index (χ3v) is 8.34. The molecule has 7 nitrogen and oxygen atoms in total. The molecule has 8 heteroatoms. The van der Waals surface area contributed by atoms with Gasteiger partial charge in [-0.05, 0) is 56.9 Å². The van der Waals surface area contributed by atoms with Crippen molar-refractivity contribution in [2.24, 2.45) is 11.8 Å². The topological polar surface area (TPSA) is 101 Å². The Hall–Kier alpha value is -1.46. The maximum absolute atomic E-state index is 11.7. The highest BCUT2D eigenvalue weighted by Crippen LogP contribution is 2.43. The maximum Gasteiger partial charge on any atom is 0.150 e. The van der Waals surface area contributed by atoms with Gasteiger partial charge in [0, 0.05) is 0 Å². The molecule has 2 aliphatic carbocycles. The van der Waals surface area contributed by atoms with Crippen LogP contribution < -0.4 is 5.32 Å². The molecule has 1 atom stereocenters. The summed E-state index contributed by atoms with van der Waals surface area (Å²) in [4.78, 5) is 0. The van der Waals surface area contributed by atoms with Crippen molar-refractivity contribution >= 4 is 9.84 Å². The Morgan fingerprint density at radius 1 is 1.22 bits per heavy atom. The fourth-order valence-corrected chi connectivity index (χ4v) is 6.14. The standard InChI is InChI=1S/C19H29N5O2S/c20-14-19(8-9-19)24-13-17(22-23-24)18(16-4-2-1-3-5-16)21-12-15-6-10-27(25,26)11-7-15/h13,15-16,18,21H,1-12H2. The van der Waals surface area contributed by atoms with Crippen LogP contribution in [0.3, 0.4) is 0 Å². The lowest BCUT2D eigenvalue weighted by molar-refractivity contribution is 0.254. The quantitative estimate of drug-likeness (QED) is 0.799. The summed E-state index contributed by atoms with van der Waals surface area (Å²) < 4.78 is 25.1. The molecule has 148 valence electrons. The number of hydrogen-bond donors (Lipinski definition) is 1. The van der Waals surface area contributed by atoms with Crippen molar-refractivity contribution in [1.29, 1.82) is 5.26 Å². The van der Waals surface area contributed by atoms with E-state index in [9.17, 15) is 13.7 Å². The SMILES string of the molecule is N#CC1(n2cc(C(NCC3CCS(=O)(=O)CC3)C3CCCCC3)nn2)CC1. The molecule has 1 saturated heterocycles. The molecule has 1 aliphatic heterocycles. The zero-order valence-electron chi connectivity index (χ0n) is 15.8. The van der Waals surface area contributed by atoms with Gasteiger partial charge in [0.2, 0.25) is 0 Å². The minimum atomic E-state index is -2.82. The minimum Gasteiger partial charge on any atom is -0.308 e. The molecule has 2 heterocycles. The van der Waals surface area contributed by atoms with Crippen molar-refractivity contribution in [2.45, 2.75) is 69.4 Å². The Morgan fingerprint density at radius 2 is 1.93 bits per heavy atom. The molecule has 0 amide bonds. The molecule has 0 spiro atoms. The second-order valence-electron chi connectivity index (χ2n) is 8.61. The van der Waals surface area contributed by atoms with Gasteiger partial charge in [-0.3, -0.25) is 0 Å². The van der Waals surface area contributed by atoms with E-state index in [2.05, 4.69) is 21.7 Å². The highest BCUT2D eigenvalue weighted by Gasteiger charge is 2.47. The summed E-state index contributed by atoms with van der Waals surface area (Å²) in [6, 6.07) is 2.52. The number of nitrogens with one attached hydrogen (secondary N) is 1. The van der Waals surface area contributed by atoms with Gasteiger partial charge >= 0.3 is 0 Å². The van der Waals surface area contributed by atoms with Gasteiger partial charge in [0.1, 0.15) is 9.84 Å². The lowest BCUT2D eigenvalue weighted by atomic mass is 9.82. The highest BCUT2D eigenvalue weighted by molar-refractivity contribution is 7.91. The molecular formula is C19H29N5O2S. The van der Waals surface area contributed by atoms with E-state index in [4.69, 9.17) is 0 Å². The Labute approximate surface area is 161 Å². The molecule has 27 heavy (non-hydrogen) atoms. The molecule has 0 aromatic carbocycles. The van der Waals surface area contributed by atoms with Crippen LogP contribution in [0, 0.1) is 23.2 Å². The van der Waals surface area contributed by atoms with Gasteiger partial charge in [-0.15, -0.1) is 5.10 Å². The first-order valence-electron chi connectivity index (χ1n) is 10.3. The van der Waals surface area contributed by atoms with Crippen LogP contribution in [0.2, 0.25) is 0 Å². The van der Waals surface area contributed by atoms with E-state index >= 15 is 0 Å².